The van der Waals surface area contributed by atoms with Gasteiger partial charge in [0.05, 0.1) is 11.4 Å². The minimum Gasteiger partial charge on any atom is -0.493 e. The van der Waals surface area contributed by atoms with Gasteiger partial charge < -0.3 is 10.5 Å². The number of rotatable bonds is 8. The highest BCUT2D eigenvalue weighted by atomic mass is 79.9. The maximum absolute atomic E-state index is 11.0. The van der Waals surface area contributed by atoms with Crippen LogP contribution in [0.3, 0.4) is 0 Å². The lowest BCUT2D eigenvalue weighted by atomic mass is 10.1. The quantitative estimate of drug-likeness (QED) is 0.720. The van der Waals surface area contributed by atoms with E-state index in [9.17, 15) is 4.79 Å². The number of aromatic nitrogens is 1. The van der Waals surface area contributed by atoms with E-state index >= 15 is 0 Å². The lowest BCUT2D eigenvalue weighted by molar-refractivity contribution is -0.117. The number of pyridine rings is 1. The van der Waals surface area contributed by atoms with Gasteiger partial charge in [-0.2, -0.15) is 0 Å². The Bertz CT molecular complexity index is 626. The molecular formula is C18H21BrN2O2. The van der Waals surface area contributed by atoms with Gasteiger partial charge in [-0.3, -0.25) is 9.78 Å². The summed E-state index contributed by atoms with van der Waals surface area (Å²) in [7, 11) is 0. The van der Waals surface area contributed by atoms with Gasteiger partial charge in [-0.05, 0) is 42.2 Å². The molecule has 2 rings (SSSR count). The smallest absolute Gasteiger partial charge is 0.231 e. The number of carbonyl (C=O) groups excluding carboxylic acids is 1. The third-order valence-corrected chi connectivity index (χ3v) is 4.34. The summed E-state index contributed by atoms with van der Waals surface area (Å²) in [5.74, 6) is 0.455. The highest BCUT2D eigenvalue weighted by Gasteiger charge is 2.11. The molecule has 1 atom stereocenters. The van der Waals surface area contributed by atoms with E-state index in [2.05, 4.69) is 33.9 Å². The van der Waals surface area contributed by atoms with Crippen LogP contribution in [-0.2, 0) is 24.1 Å². The summed E-state index contributed by atoms with van der Waals surface area (Å²) in [5.41, 5.74) is 8.55. The molecule has 5 heteroatoms. The van der Waals surface area contributed by atoms with Crippen LogP contribution in [0.4, 0.5) is 0 Å². The standard InChI is InChI=1S/C18H21BrN2O2/c1-2-13-3-6-15(21-12-13)9-10-23-16-7-4-14(5-8-16)11-17(19)18(20)22/h3-8,12,17H,2,9-11H2,1H3,(H2,20,22). The number of halogens is 1. The Kier molecular flexibility index (Phi) is 6.59. The molecule has 0 bridgehead atoms. The fourth-order valence-corrected chi connectivity index (χ4v) is 2.49. The summed E-state index contributed by atoms with van der Waals surface area (Å²) in [6.45, 7) is 2.70. The monoisotopic (exact) mass is 376 g/mol. The lowest BCUT2D eigenvalue weighted by Gasteiger charge is -2.09. The average molecular weight is 377 g/mol. The normalized spacial score (nSPS) is 11.9. The number of hydrogen-bond donors (Lipinski definition) is 1. The highest BCUT2D eigenvalue weighted by molar-refractivity contribution is 9.10. The maximum Gasteiger partial charge on any atom is 0.231 e. The maximum atomic E-state index is 11.0. The van der Waals surface area contributed by atoms with E-state index in [1.165, 1.54) is 5.56 Å². The summed E-state index contributed by atoms with van der Waals surface area (Å²) in [5, 5.41) is 0. The first-order valence-electron chi connectivity index (χ1n) is 7.67. The molecule has 0 saturated heterocycles. The Balaban J connectivity index is 1.80. The van der Waals surface area contributed by atoms with E-state index in [-0.39, 0.29) is 10.7 Å². The fourth-order valence-electron chi connectivity index (χ4n) is 2.11. The fraction of sp³-hybridized carbons (Fsp3) is 0.333. The van der Waals surface area contributed by atoms with Crippen LogP contribution < -0.4 is 10.5 Å². The predicted molar refractivity (Wildman–Crippen MR) is 94.9 cm³/mol. The predicted octanol–water partition coefficient (Wildman–Crippen LogP) is 3.06. The zero-order valence-corrected chi connectivity index (χ0v) is 14.8. The van der Waals surface area contributed by atoms with Crippen molar-refractivity contribution in [3.05, 3.63) is 59.4 Å². The number of alkyl halides is 1. The number of amides is 1. The summed E-state index contributed by atoms with van der Waals surface area (Å²) < 4.78 is 5.73. The molecule has 2 N–H and O–H groups in total. The van der Waals surface area contributed by atoms with Gasteiger partial charge >= 0.3 is 0 Å². The molecule has 0 saturated carbocycles. The van der Waals surface area contributed by atoms with Crippen LogP contribution in [0, 0.1) is 0 Å². The van der Waals surface area contributed by atoms with Crippen LogP contribution in [0.1, 0.15) is 23.7 Å². The van der Waals surface area contributed by atoms with Gasteiger partial charge in [-0.1, -0.05) is 41.1 Å². The minimum atomic E-state index is -0.355. The molecule has 1 aromatic carbocycles. The number of nitrogens with two attached hydrogens (primary N) is 1. The van der Waals surface area contributed by atoms with E-state index in [1.54, 1.807) is 0 Å². The van der Waals surface area contributed by atoms with Crippen LogP contribution in [0.25, 0.3) is 0 Å². The third-order valence-electron chi connectivity index (χ3n) is 3.57. The van der Waals surface area contributed by atoms with Gasteiger partial charge in [0.25, 0.3) is 0 Å². The second kappa shape index (κ2) is 8.67. The molecule has 122 valence electrons. The van der Waals surface area contributed by atoms with Crippen molar-refractivity contribution < 1.29 is 9.53 Å². The van der Waals surface area contributed by atoms with Gasteiger partial charge in [-0.15, -0.1) is 0 Å². The van der Waals surface area contributed by atoms with Crippen molar-refractivity contribution >= 4 is 21.8 Å². The topological polar surface area (TPSA) is 65.2 Å². The minimum absolute atomic E-state index is 0.341. The molecule has 0 aliphatic carbocycles. The van der Waals surface area contributed by atoms with Gasteiger partial charge in [0.15, 0.2) is 0 Å². The van der Waals surface area contributed by atoms with Crippen LogP contribution >= 0.6 is 15.9 Å². The van der Waals surface area contributed by atoms with Crippen molar-refractivity contribution in [2.24, 2.45) is 5.73 Å². The van der Waals surface area contributed by atoms with Crippen molar-refractivity contribution in [2.75, 3.05) is 6.61 Å². The van der Waals surface area contributed by atoms with E-state index < -0.39 is 0 Å². The second-order valence-corrected chi connectivity index (χ2v) is 6.43. The molecule has 0 aliphatic heterocycles. The number of primary amides is 1. The molecule has 0 radical (unpaired) electrons. The summed E-state index contributed by atoms with van der Waals surface area (Å²) in [4.78, 5) is 15.1. The summed E-state index contributed by atoms with van der Waals surface area (Å²) >= 11 is 3.26. The molecule has 1 heterocycles. The largest absolute Gasteiger partial charge is 0.493 e. The van der Waals surface area contributed by atoms with E-state index in [0.717, 1.165) is 29.8 Å². The molecule has 1 aromatic heterocycles. The van der Waals surface area contributed by atoms with Crippen molar-refractivity contribution in [3.63, 3.8) is 0 Å². The molecule has 0 fully saturated rings. The number of aryl methyl sites for hydroxylation is 1. The van der Waals surface area contributed by atoms with Crippen molar-refractivity contribution in [1.82, 2.24) is 4.98 Å². The Labute approximate surface area is 145 Å². The Morgan fingerprint density at radius 1 is 1.22 bits per heavy atom. The molecule has 2 aromatic rings. The zero-order valence-electron chi connectivity index (χ0n) is 13.2. The lowest BCUT2D eigenvalue weighted by Crippen LogP contribution is -2.24. The van der Waals surface area contributed by atoms with E-state index in [4.69, 9.17) is 10.5 Å². The molecular weight excluding hydrogens is 356 g/mol. The van der Waals surface area contributed by atoms with E-state index in [0.29, 0.717) is 13.0 Å². The average Bonchev–Trinajstić information content (AvgIpc) is 2.57. The molecule has 1 amide bonds. The van der Waals surface area contributed by atoms with Gasteiger partial charge in [0, 0.05) is 18.3 Å². The van der Waals surface area contributed by atoms with Gasteiger partial charge in [0.1, 0.15) is 5.75 Å². The summed E-state index contributed by atoms with van der Waals surface area (Å²) in [6, 6.07) is 11.9. The van der Waals surface area contributed by atoms with Crippen molar-refractivity contribution in [3.8, 4) is 5.75 Å². The van der Waals surface area contributed by atoms with Crippen LogP contribution in [0.15, 0.2) is 42.6 Å². The van der Waals surface area contributed by atoms with Gasteiger partial charge in [-0.25, -0.2) is 0 Å². The SMILES string of the molecule is CCc1ccc(CCOc2ccc(CC(Br)C(N)=O)cc2)nc1. The number of carbonyl (C=O) groups is 1. The van der Waals surface area contributed by atoms with Crippen molar-refractivity contribution in [1.29, 1.82) is 0 Å². The second-order valence-electron chi connectivity index (χ2n) is 5.33. The number of hydrogen-bond acceptors (Lipinski definition) is 3. The highest BCUT2D eigenvalue weighted by Crippen LogP contribution is 2.16. The number of benzene rings is 1. The third kappa shape index (κ3) is 5.67. The molecule has 23 heavy (non-hydrogen) atoms. The molecule has 1 unspecified atom stereocenters. The zero-order chi connectivity index (χ0) is 16.7. The first kappa shape index (κ1) is 17.5. The van der Waals surface area contributed by atoms with Crippen LogP contribution in [-0.4, -0.2) is 22.3 Å². The first-order chi connectivity index (χ1) is 11.1. The van der Waals surface area contributed by atoms with E-state index in [1.807, 2.05) is 36.5 Å². The number of nitrogens with zero attached hydrogens (tertiary/aromatic N) is 1. The first-order valence-corrected chi connectivity index (χ1v) is 8.59. The van der Waals surface area contributed by atoms with Crippen LogP contribution in [0.2, 0.25) is 0 Å². The summed E-state index contributed by atoms with van der Waals surface area (Å²) in [6.07, 6.45) is 4.26. The van der Waals surface area contributed by atoms with Gasteiger partial charge in [0.2, 0.25) is 5.91 Å². The molecule has 0 spiro atoms. The molecule has 0 aliphatic rings. The molecule has 4 nitrogen and oxygen atoms in total. The Hall–Kier alpha value is -1.88. The Morgan fingerprint density at radius 2 is 1.91 bits per heavy atom. The van der Waals surface area contributed by atoms with Crippen LogP contribution in [0.5, 0.6) is 5.75 Å². The Morgan fingerprint density at radius 3 is 2.48 bits per heavy atom. The van der Waals surface area contributed by atoms with Crippen molar-refractivity contribution in [2.45, 2.75) is 31.0 Å². The number of ether oxygens (including phenoxy) is 1.